The van der Waals surface area contributed by atoms with Gasteiger partial charge in [0.15, 0.2) is 0 Å². The van der Waals surface area contributed by atoms with Crippen molar-refractivity contribution in [3.05, 3.63) is 121 Å². The number of aromatic nitrogens is 3. The fourth-order valence-electron chi connectivity index (χ4n) is 4.82. The summed E-state index contributed by atoms with van der Waals surface area (Å²) in [6.07, 6.45) is 7.44. The van der Waals surface area contributed by atoms with E-state index >= 15 is 0 Å². The lowest BCUT2D eigenvalue weighted by Gasteiger charge is -2.41. The van der Waals surface area contributed by atoms with Crippen LogP contribution in [0.25, 0.3) is 22.4 Å². The Balaban J connectivity index is 1.47. The number of fused-ring (bicyclic) bond motifs is 2. The Bertz CT molecular complexity index is 1460. The van der Waals surface area contributed by atoms with Crippen molar-refractivity contribution < 1.29 is 0 Å². The quantitative estimate of drug-likeness (QED) is 0.295. The predicted octanol–water partition coefficient (Wildman–Crippen LogP) is 7.31. The predicted molar refractivity (Wildman–Crippen MR) is 138 cm³/mol. The monoisotopic (exact) mass is 440 g/mol. The van der Waals surface area contributed by atoms with Gasteiger partial charge < -0.3 is 0 Å². The van der Waals surface area contributed by atoms with E-state index in [0.717, 1.165) is 39.6 Å². The van der Waals surface area contributed by atoms with Crippen molar-refractivity contribution in [1.82, 2.24) is 15.0 Å². The minimum atomic E-state index is -0.191. The Kier molecular flexibility index (Phi) is 4.73. The average molecular weight is 441 g/mol. The molecule has 0 N–H and O–H groups in total. The van der Waals surface area contributed by atoms with E-state index < -0.39 is 0 Å². The van der Waals surface area contributed by atoms with E-state index in [2.05, 4.69) is 84.4 Å². The molecule has 1 aliphatic rings. The molecule has 4 nitrogen and oxygen atoms in total. The van der Waals surface area contributed by atoms with Crippen molar-refractivity contribution in [3.63, 3.8) is 0 Å². The van der Waals surface area contributed by atoms with Crippen LogP contribution in [-0.4, -0.2) is 15.0 Å². The fourth-order valence-corrected chi connectivity index (χ4v) is 4.82. The van der Waals surface area contributed by atoms with Gasteiger partial charge >= 0.3 is 0 Å². The molecule has 0 saturated carbocycles. The van der Waals surface area contributed by atoms with E-state index in [1.54, 1.807) is 6.20 Å². The van der Waals surface area contributed by atoms with Gasteiger partial charge in [-0.3, -0.25) is 14.9 Å². The number of benzene rings is 2. The van der Waals surface area contributed by atoms with Gasteiger partial charge in [-0.25, -0.2) is 4.98 Å². The molecule has 0 amide bonds. The van der Waals surface area contributed by atoms with Crippen LogP contribution in [0.3, 0.4) is 0 Å². The molecule has 6 rings (SSSR count). The van der Waals surface area contributed by atoms with E-state index in [1.165, 1.54) is 11.1 Å². The Morgan fingerprint density at radius 3 is 2.24 bits per heavy atom. The molecular formula is C30H24N4. The van der Waals surface area contributed by atoms with E-state index in [1.807, 2.05) is 42.9 Å². The molecule has 3 aromatic heterocycles. The molecule has 1 aliphatic heterocycles. The fraction of sp³-hybridized carbons (Fsp3) is 0.100. The highest BCUT2D eigenvalue weighted by Gasteiger charge is 2.37. The van der Waals surface area contributed by atoms with Gasteiger partial charge in [-0.05, 0) is 59.7 Å². The van der Waals surface area contributed by atoms with Crippen LogP contribution < -0.4 is 4.90 Å². The second kappa shape index (κ2) is 7.92. The average Bonchev–Trinajstić information content (AvgIpc) is 2.90. The van der Waals surface area contributed by atoms with E-state index in [4.69, 9.17) is 9.97 Å². The Labute approximate surface area is 199 Å². The van der Waals surface area contributed by atoms with E-state index in [-0.39, 0.29) is 5.41 Å². The zero-order chi connectivity index (χ0) is 23.1. The summed E-state index contributed by atoms with van der Waals surface area (Å²) in [5.41, 5.74) is 8.74. The standard InChI is InChI=1S/C30H24N4/c1-30(2)25-11-7-17-32-29(25)34(24-9-4-3-5-10-24)28-15-13-21(18-26(28)30)22-12-14-27(33-20-22)23-8-6-16-31-19-23/h3-20H,1-2H3. The molecule has 0 radical (unpaired) electrons. The lowest BCUT2D eigenvalue weighted by Crippen LogP contribution is -2.31. The molecule has 0 aliphatic carbocycles. The SMILES string of the molecule is CC1(C)c2cc(-c3ccc(-c4cccnc4)nc3)ccc2N(c2ccccc2)c2ncccc21. The summed E-state index contributed by atoms with van der Waals surface area (Å²) in [5.74, 6) is 0.987. The minimum absolute atomic E-state index is 0.191. The number of rotatable bonds is 3. The first-order valence-electron chi connectivity index (χ1n) is 11.4. The summed E-state index contributed by atoms with van der Waals surface area (Å²) in [6, 6.07) is 29.5. The van der Waals surface area contributed by atoms with Crippen LogP contribution in [0.5, 0.6) is 0 Å². The van der Waals surface area contributed by atoms with Crippen molar-refractivity contribution in [3.8, 4) is 22.4 Å². The molecule has 5 aromatic rings. The number of nitrogens with zero attached hydrogens (tertiary/aromatic N) is 4. The molecular weight excluding hydrogens is 416 g/mol. The smallest absolute Gasteiger partial charge is 0.141 e. The van der Waals surface area contributed by atoms with Crippen molar-refractivity contribution in [2.45, 2.75) is 19.3 Å². The first kappa shape index (κ1) is 20.3. The first-order chi connectivity index (χ1) is 16.6. The molecule has 4 heteroatoms. The zero-order valence-corrected chi connectivity index (χ0v) is 19.2. The van der Waals surface area contributed by atoms with Gasteiger partial charge in [0.05, 0.1) is 11.4 Å². The number of pyridine rings is 3. The van der Waals surface area contributed by atoms with Crippen LogP contribution in [0, 0.1) is 0 Å². The summed E-state index contributed by atoms with van der Waals surface area (Å²) in [6.45, 7) is 4.56. The highest BCUT2D eigenvalue weighted by molar-refractivity contribution is 5.85. The second-order valence-corrected chi connectivity index (χ2v) is 9.08. The molecule has 0 spiro atoms. The first-order valence-corrected chi connectivity index (χ1v) is 11.4. The molecule has 0 atom stereocenters. The minimum Gasteiger partial charge on any atom is -0.294 e. The maximum Gasteiger partial charge on any atom is 0.141 e. The van der Waals surface area contributed by atoms with Crippen molar-refractivity contribution in [1.29, 1.82) is 0 Å². The Hall–Kier alpha value is -4.31. The number of para-hydroxylation sites is 1. The van der Waals surface area contributed by atoms with Gasteiger partial charge in [0.25, 0.3) is 0 Å². The third kappa shape index (κ3) is 3.27. The maximum atomic E-state index is 4.80. The second-order valence-electron chi connectivity index (χ2n) is 9.08. The molecule has 2 aromatic carbocycles. The van der Waals surface area contributed by atoms with Crippen molar-refractivity contribution >= 4 is 17.2 Å². The van der Waals surface area contributed by atoms with Crippen LogP contribution in [0.4, 0.5) is 17.2 Å². The number of anilines is 3. The lowest BCUT2D eigenvalue weighted by molar-refractivity contribution is 0.627. The molecule has 0 unspecified atom stereocenters. The molecule has 0 fully saturated rings. The van der Waals surface area contributed by atoms with Gasteiger partial charge in [0.1, 0.15) is 5.82 Å². The molecule has 34 heavy (non-hydrogen) atoms. The van der Waals surface area contributed by atoms with Gasteiger partial charge in [-0.1, -0.05) is 50.2 Å². The maximum absolute atomic E-state index is 4.80. The third-order valence-electron chi connectivity index (χ3n) is 6.65. The normalized spacial score (nSPS) is 13.8. The van der Waals surface area contributed by atoms with Crippen molar-refractivity contribution in [2.24, 2.45) is 0 Å². The van der Waals surface area contributed by atoms with Crippen molar-refractivity contribution in [2.75, 3.05) is 4.90 Å². The molecule has 0 saturated heterocycles. The van der Waals surface area contributed by atoms with E-state index in [9.17, 15) is 0 Å². The van der Waals surface area contributed by atoms with E-state index in [0.29, 0.717) is 0 Å². The summed E-state index contributed by atoms with van der Waals surface area (Å²) in [4.78, 5) is 16.0. The summed E-state index contributed by atoms with van der Waals surface area (Å²) in [5, 5.41) is 0. The largest absolute Gasteiger partial charge is 0.294 e. The summed E-state index contributed by atoms with van der Waals surface area (Å²) in [7, 11) is 0. The van der Waals surface area contributed by atoms with Crippen LogP contribution >= 0.6 is 0 Å². The van der Waals surface area contributed by atoms with Crippen LogP contribution in [0.1, 0.15) is 25.0 Å². The third-order valence-corrected chi connectivity index (χ3v) is 6.65. The van der Waals surface area contributed by atoms with Gasteiger partial charge in [0.2, 0.25) is 0 Å². The van der Waals surface area contributed by atoms with Gasteiger partial charge in [-0.2, -0.15) is 0 Å². The summed E-state index contributed by atoms with van der Waals surface area (Å²) < 4.78 is 0. The topological polar surface area (TPSA) is 41.9 Å². The molecule has 0 bridgehead atoms. The Morgan fingerprint density at radius 1 is 0.647 bits per heavy atom. The molecule has 164 valence electrons. The van der Waals surface area contributed by atoms with Crippen LogP contribution in [0.15, 0.2) is 110 Å². The highest BCUT2D eigenvalue weighted by atomic mass is 15.2. The van der Waals surface area contributed by atoms with Gasteiger partial charge in [0, 0.05) is 52.6 Å². The van der Waals surface area contributed by atoms with Crippen LogP contribution in [0.2, 0.25) is 0 Å². The van der Waals surface area contributed by atoms with Crippen LogP contribution in [-0.2, 0) is 5.41 Å². The Morgan fingerprint density at radius 2 is 1.47 bits per heavy atom. The van der Waals surface area contributed by atoms with Gasteiger partial charge in [-0.15, -0.1) is 0 Å². The highest BCUT2D eigenvalue weighted by Crippen LogP contribution is 2.51. The lowest BCUT2D eigenvalue weighted by atomic mass is 9.74. The zero-order valence-electron chi connectivity index (χ0n) is 19.2. The number of hydrogen-bond donors (Lipinski definition) is 0. The summed E-state index contributed by atoms with van der Waals surface area (Å²) >= 11 is 0. The molecule has 4 heterocycles. The number of hydrogen-bond acceptors (Lipinski definition) is 4.